The van der Waals surface area contributed by atoms with Gasteiger partial charge in [0.2, 0.25) is 0 Å². The quantitative estimate of drug-likeness (QED) is 0.592. The van der Waals surface area contributed by atoms with E-state index in [0.29, 0.717) is 0 Å². The molecule has 1 fully saturated rings. The Morgan fingerprint density at radius 1 is 1.42 bits per heavy atom. The van der Waals surface area contributed by atoms with Crippen molar-refractivity contribution in [3.05, 3.63) is 0 Å². The molecule has 12 heavy (non-hydrogen) atoms. The fourth-order valence-electron chi connectivity index (χ4n) is 0.925. The Labute approximate surface area is 72.9 Å². The highest BCUT2D eigenvalue weighted by Gasteiger charge is 1.93. The number of ether oxygens (including phenoxy) is 1. The van der Waals surface area contributed by atoms with Crippen molar-refractivity contribution in [1.29, 1.82) is 0 Å². The van der Waals surface area contributed by atoms with Gasteiger partial charge >= 0.3 is 6.16 Å². The van der Waals surface area contributed by atoms with Gasteiger partial charge in [0.1, 0.15) is 0 Å². The molecule has 0 saturated carbocycles. The van der Waals surface area contributed by atoms with Gasteiger partial charge in [-0.1, -0.05) is 6.42 Å². The van der Waals surface area contributed by atoms with E-state index >= 15 is 0 Å². The molecule has 0 aromatic heterocycles. The molecule has 2 N–H and O–H groups in total. The van der Waals surface area contributed by atoms with Gasteiger partial charge < -0.3 is 15.2 Å². The predicted molar refractivity (Wildman–Crippen MR) is 46.4 cm³/mol. The van der Waals surface area contributed by atoms with Gasteiger partial charge in [-0.25, -0.2) is 4.79 Å². The third kappa shape index (κ3) is 9.23. The zero-order valence-electron chi connectivity index (χ0n) is 7.51. The zero-order chi connectivity index (χ0) is 9.23. The lowest BCUT2D eigenvalue weighted by atomic mass is 10.2. The van der Waals surface area contributed by atoms with E-state index in [0.717, 1.165) is 0 Å². The number of nitrogens with one attached hydrogen (secondary N) is 1. The molecule has 1 aliphatic heterocycles. The van der Waals surface area contributed by atoms with Crippen LogP contribution in [0.15, 0.2) is 0 Å². The standard InChI is InChI=1S/C5H11N.C3H6O3/c1-2-4-6-5-3-1;1-2-6-3(4)5/h6H,1-5H2;2H2,1H3,(H,4,5). The van der Waals surface area contributed by atoms with Crippen molar-refractivity contribution in [3.8, 4) is 0 Å². The molecule has 0 atom stereocenters. The lowest BCUT2D eigenvalue weighted by molar-refractivity contribution is 0.0966. The van der Waals surface area contributed by atoms with Crippen molar-refractivity contribution in [2.24, 2.45) is 0 Å². The molecular formula is C8H17NO3. The fourth-order valence-corrected chi connectivity index (χ4v) is 0.925. The smallest absolute Gasteiger partial charge is 0.450 e. The average Bonchev–Trinajstić information content (AvgIpc) is 2.08. The first kappa shape index (κ1) is 11.2. The van der Waals surface area contributed by atoms with Crippen molar-refractivity contribution in [3.63, 3.8) is 0 Å². The number of carboxylic acid groups (broad SMARTS) is 1. The molecule has 0 amide bonds. The molecule has 1 saturated heterocycles. The molecule has 4 nitrogen and oxygen atoms in total. The topological polar surface area (TPSA) is 58.6 Å². The molecule has 0 radical (unpaired) electrons. The summed E-state index contributed by atoms with van der Waals surface area (Å²) >= 11 is 0. The third-order valence-corrected chi connectivity index (χ3v) is 1.47. The minimum atomic E-state index is -1.21. The Morgan fingerprint density at radius 3 is 2.08 bits per heavy atom. The third-order valence-electron chi connectivity index (χ3n) is 1.47. The van der Waals surface area contributed by atoms with Crippen LogP contribution in [0.2, 0.25) is 0 Å². The molecular weight excluding hydrogens is 158 g/mol. The van der Waals surface area contributed by atoms with Crippen molar-refractivity contribution in [1.82, 2.24) is 5.32 Å². The van der Waals surface area contributed by atoms with E-state index in [1.54, 1.807) is 6.92 Å². The largest absolute Gasteiger partial charge is 0.505 e. The summed E-state index contributed by atoms with van der Waals surface area (Å²) < 4.78 is 3.96. The molecule has 0 spiro atoms. The molecule has 0 aromatic carbocycles. The maximum absolute atomic E-state index is 9.38. The Kier molecular flexibility index (Phi) is 7.79. The predicted octanol–water partition coefficient (Wildman–Crippen LogP) is 1.46. The highest BCUT2D eigenvalue weighted by atomic mass is 16.7. The molecule has 0 aliphatic carbocycles. The summed E-state index contributed by atoms with van der Waals surface area (Å²) in [6.45, 7) is 4.35. The van der Waals surface area contributed by atoms with Crippen LogP contribution in [0.1, 0.15) is 26.2 Å². The molecule has 0 unspecified atom stereocenters. The molecule has 0 bridgehead atoms. The van der Waals surface area contributed by atoms with Gasteiger partial charge in [-0.2, -0.15) is 0 Å². The first-order chi connectivity index (χ1) is 5.77. The second kappa shape index (κ2) is 8.33. The van der Waals surface area contributed by atoms with Crippen molar-refractivity contribution in [2.45, 2.75) is 26.2 Å². The van der Waals surface area contributed by atoms with Crippen molar-refractivity contribution < 1.29 is 14.6 Å². The van der Waals surface area contributed by atoms with E-state index in [-0.39, 0.29) is 6.61 Å². The monoisotopic (exact) mass is 175 g/mol. The molecule has 72 valence electrons. The Morgan fingerprint density at radius 2 is 2.00 bits per heavy atom. The van der Waals surface area contributed by atoms with Crippen molar-refractivity contribution >= 4 is 6.16 Å². The van der Waals surface area contributed by atoms with E-state index in [4.69, 9.17) is 5.11 Å². The number of rotatable bonds is 1. The normalized spacial score (nSPS) is 15.8. The van der Waals surface area contributed by atoms with Gasteiger partial charge in [0.25, 0.3) is 0 Å². The molecule has 0 aromatic rings. The number of hydrogen-bond acceptors (Lipinski definition) is 3. The summed E-state index contributed by atoms with van der Waals surface area (Å²) in [5.41, 5.74) is 0. The minimum absolute atomic E-state index is 0.231. The van der Waals surface area contributed by atoms with Crippen LogP contribution >= 0.6 is 0 Å². The summed E-state index contributed by atoms with van der Waals surface area (Å²) in [4.78, 5) is 9.38. The summed E-state index contributed by atoms with van der Waals surface area (Å²) in [5.74, 6) is 0. The molecule has 1 rings (SSSR count). The van der Waals surface area contributed by atoms with Crippen LogP contribution in [0.25, 0.3) is 0 Å². The first-order valence-electron chi connectivity index (χ1n) is 4.33. The minimum Gasteiger partial charge on any atom is -0.450 e. The van der Waals surface area contributed by atoms with Crippen LogP contribution in [0, 0.1) is 0 Å². The van der Waals surface area contributed by atoms with Gasteiger partial charge in [0, 0.05) is 0 Å². The number of carbonyl (C=O) groups is 1. The average molecular weight is 175 g/mol. The van der Waals surface area contributed by atoms with E-state index < -0.39 is 6.16 Å². The zero-order valence-corrected chi connectivity index (χ0v) is 7.51. The van der Waals surface area contributed by atoms with Gasteiger partial charge in [0.05, 0.1) is 6.61 Å². The molecule has 1 heterocycles. The summed E-state index contributed by atoms with van der Waals surface area (Å²) in [7, 11) is 0. The van der Waals surface area contributed by atoms with Crippen LogP contribution in [0.3, 0.4) is 0 Å². The SMILES string of the molecule is C1CCNCC1.CCOC(=O)O. The van der Waals surface area contributed by atoms with E-state index in [1.165, 1.54) is 32.4 Å². The second-order valence-corrected chi connectivity index (χ2v) is 2.51. The molecule has 1 aliphatic rings. The van der Waals surface area contributed by atoms with Crippen LogP contribution in [0.4, 0.5) is 4.79 Å². The van der Waals surface area contributed by atoms with Crippen LogP contribution in [0.5, 0.6) is 0 Å². The number of hydrogen-bond donors (Lipinski definition) is 2. The molecule has 4 heteroatoms. The van der Waals surface area contributed by atoms with Crippen LogP contribution in [-0.2, 0) is 4.74 Å². The lowest BCUT2D eigenvalue weighted by Gasteiger charge is -2.08. The Hall–Kier alpha value is -0.770. The highest BCUT2D eigenvalue weighted by molar-refractivity contribution is 5.56. The van der Waals surface area contributed by atoms with Gasteiger partial charge in [-0.05, 0) is 32.9 Å². The Balaban J connectivity index is 0.000000202. The Bertz CT molecular complexity index is 101. The van der Waals surface area contributed by atoms with E-state index in [1.807, 2.05) is 0 Å². The lowest BCUT2D eigenvalue weighted by Crippen LogP contribution is -2.21. The summed E-state index contributed by atoms with van der Waals surface area (Å²) in [6, 6.07) is 0. The van der Waals surface area contributed by atoms with E-state index in [2.05, 4.69) is 10.1 Å². The van der Waals surface area contributed by atoms with Crippen LogP contribution < -0.4 is 5.32 Å². The van der Waals surface area contributed by atoms with Crippen LogP contribution in [-0.4, -0.2) is 31.0 Å². The summed E-state index contributed by atoms with van der Waals surface area (Å²) in [6.07, 6.45) is 3.00. The maximum Gasteiger partial charge on any atom is 0.505 e. The fraction of sp³-hybridized carbons (Fsp3) is 0.875. The van der Waals surface area contributed by atoms with Crippen molar-refractivity contribution in [2.75, 3.05) is 19.7 Å². The van der Waals surface area contributed by atoms with Gasteiger partial charge in [-0.15, -0.1) is 0 Å². The second-order valence-electron chi connectivity index (χ2n) is 2.51. The summed E-state index contributed by atoms with van der Waals surface area (Å²) in [5, 5.41) is 11.0. The number of piperidine rings is 1. The van der Waals surface area contributed by atoms with Gasteiger partial charge in [-0.3, -0.25) is 0 Å². The maximum atomic E-state index is 9.38. The van der Waals surface area contributed by atoms with Gasteiger partial charge in [0.15, 0.2) is 0 Å². The highest BCUT2D eigenvalue weighted by Crippen LogP contribution is 1.96. The van der Waals surface area contributed by atoms with E-state index in [9.17, 15) is 4.79 Å². The first-order valence-corrected chi connectivity index (χ1v) is 4.33.